The molecule has 0 bridgehead atoms. The Morgan fingerprint density at radius 3 is 2.73 bits per heavy atom. The van der Waals surface area contributed by atoms with Crippen LogP contribution in [-0.2, 0) is 11.3 Å². The molecule has 2 heterocycles. The van der Waals surface area contributed by atoms with Gasteiger partial charge in [0.25, 0.3) is 0 Å². The molecule has 0 aliphatic rings. The van der Waals surface area contributed by atoms with Crippen LogP contribution in [0.4, 0.5) is 0 Å². The number of aliphatic hydroxyl groups is 1. The maximum absolute atomic E-state index is 12.6. The highest BCUT2D eigenvalue weighted by atomic mass is 79.9. The molecule has 5 nitrogen and oxygen atoms in total. The van der Waals surface area contributed by atoms with Crippen molar-refractivity contribution in [3.05, 3.63) is 39.5 Å². The molecule has 0 radical (unpaired) electrons. The number of rotatable bonds is 5. The molecule has 1 N–H and O–H groups in total. The van der Waals surface area contributed by atoms with Crippen LogP contribution in [-0.4, -0.2) is 31.3 Å². The van der Waals surface area contributed by atoms with E-state index in [1.807, 2.05) is 32.2 Å². The number of hydrogen-bond donors (Lipinski definition) is 1. The van der Waals surface area contributed by atoms with E-state index in [0.29, 0.717) is 0 Å². The monoisotopic (exact) mass is 383 g/mol. The summed E-state index contributed by atoms with van der Waals surface area (Å²) in [5.74, 6) is -0.347. The first kappa shape index (κ1) is 17.1. The minimum absolute atomic E-state index is 0.0633. The van der Waals surface area contributed by atoms with Crippen molar-refractivity contribution in [2.75, 3.05) is 0 Å². The van der Waals surface area contributed by atoms with Gasteiger partial charge < -0.3 is 5.11 Å². The minimum Gasteiger partial charge on any atom is -0.379 e. The normalized spacial score (nSPS) is 15.1. The van der Waals surface area contributed by atoms with Gasteiger partial charge in [-0.25, -0.2) is 9.67 Å². The molecular weight excluding hydrogens is 366 g/mol. The number of carbonyl (C=O) groups excluding carboxylic acids is 1. The largest absolute Gasteiger partial charge is 0.379 e. The quantitative estimate of drug-likeness (QED) is 0.805. The number of ketones is 1. The second-order valence-electron chi connectivity index (χ2n) is 6.07. The van der Waals surface area contributed by atoms with Crippen LogP contribution in [0.25, 0.3) is 6.08 Å². The number of halogens is 1. The van der Waals surface area contributed by atoms with Gasteiger partial charge in [-0.3, -0.25) is 4.79 Å². The fraction of sp³-hybridized carbons (Fsp3) is 0.400. The number of thiophene rings is 1. The Balaban J connectivity index is 2.25. The lowest BCUT2D eigenvalue weighted by Crippen LogP contribution is -2.52. The fourth-order valence-corrected chi connectivity index (χ4v) is 3.28. The van der Waals surface area contributed by atoms with Gasteiger partial charge in [-0.05, 0) is 34.1 Å². The summed E-state index contributed by atoms with van der Waals surface area (Å²) in [6.07, 6.45) is 6.02. The molecule has 0 spiro atoms. The summed E-state index contributed by atoms with van der Waals surface area (Å²) in [6.45, 7) is 5.56. The molecule has 0 aliphatic carbocycles. The first-order valence-corrected chi connectivity index (χ1v) is 8.41. The minimum atomic E-state index is -1.56. The highest BCUT2D eigenvalue weighted by Gasteiger charge is 2.46. The number of aromatic nitrogens is 3. The number of hydrogen-bond acceptors (Lipinski definition) is 5. The molecule has 2 aromatic rings. The lowest BCUT2D eigenvalue weighted by Gasteiger charge is -2.37. The van der Waals surface area contributed by atoms with Crippen molar-refractivity contribution in [1.82, 2.24) is 14.8 Å². The summed E-state index contributed by atoms with van der Waals surface area (Å²) >= 11 is 4.89. The third-order valence-corrected chi connectivity index (χ3v) is 5.15. The molecule has 0 aromatic carbocycles. The Kier molecular flexibility index (Phi) is 4.99. The van der Waals surface area contributed by atoms with Crippen molar-refractivity contribution in [2.24, 2.45) is 5.41 Å². The summed E-state index contributed by atoms with van der Waals surface area (Å²) in [4.78, 5) is 17.4. The van der Waals surface area contributed by atoms with Gasteiger partial charge in [0.05, 0.1) is 6.54 Å². The van der Waals surface area contributed by atoms with Crippen molar-refractivity contribution in [3.63, 3.8) is 0 Å². The van der Waals surface area contributed by atoms with Crippen molar-refractivity contribution < 1.29 is 9.90 Å². The summed E-state index contributed by atoms with van der Waals surface area (Å²) in [5.41, 5.74) is -2.21. The van der Waals surface area contributed by atoms with Gasteiger partial charge in [0.1, 0.15) is 12.7 Å². The average Bonchev–Trinajstić information content (AvgIpc) is 3.06. The Morgan fingerprint density at radius 1 is 1.50 bits per heavy atom. The molecule has 0 fully saturated rings. The van der Waals surface area contributed by atoms with Gasteiger partial charge in [0.15, 0.2) is 11.4 Å². The second-order valence-corrected chi connectivity index (χ2v) is 7.93. The molecule has 22 heavy (non-hydrogen) atoms. The second kappa shape index (κ2) is 6.44. The van der Waals surface area contributed by atoms with E-state index in [0.717, 1.165) is 9.35 Å². The van der Waals surface area contributed by atoms with Crippen molar-refractivity contribution in [1.29, 1.82) is 0 Å². The molecular formula is C15H18BrN3O2S. The Labute approximate surface area is 141 Å². The highest BCUT2D eigenvalue weighted by molar-refractivity contribution is 9.10. The van der Waals surface area contributed by atoms with Gasteiger partial charge in [-0.1, -0.05) is 20.8 Å². The Morgan fingerprint density at radius 2 is 2.23 bits per heavy atom. The molecule has 0 aliphatic heterocycles. The summed E-state index contributed by atoms with van der Waals surface area (Å²) in [5, 5.41) is 16.9. The number of nitrogens with zero attached hydrogens (tertiary/aromatic N) is 3. The third kappa shape index (κ3) is 3.71. The Bertz CT molecular complexity index is 673. The van der Waals surface area contributed by atoms with E-state index in [9.17, 15) is 9.90 Å². The zero-order chi connectivity index (χ0) is 16.4. The topological polar surface area (TPSA) is 68.0 Å². The van der Waals surface area contributed by atoms with Crippen molar-refractivity contribution in [2.45, 2.75) is 32.9 Å². The number of carbonyl (C=O) groups is 1. The summed E-state index contributed by atoms with van der Waals surface area (Å²) < 4.78 is 2.44. The van der Waals surface area contributed by atoms with E-state index in [2.05, 4.69) is 26.0 Å². The molecule has 2 aromatic heterocycles. The van der Waals surface area contributed by atoms with Crippen LogP contribution in [0.2, 0.25) is 0 Å². The van der Waals surface area contributed by atoms with Crippen LogP contribution in [0.5, 0.6) is 0 Å². The van der Waals surface area contributed by atoms with Crippen LogP contribution < -0.4 is 0 Å². The maximum atomic E-state index is 12.6. The van der Waals surface area contributed by atoms with E-state index in [4.69, 9.17) is 0 Å². The summed E-state index contributed by atoms with van der Waals surface area (Å²) in [6, 6.07) is 1.92. The van der Waals surface area contributed by atoms with Gasteiger partial charge >= 0.3 is 0 Å². The molecule has 0 saturated heterocycles. The van der Waals surface area contributed by atoms with Gasteiger partial charge in [0, 0.05) is 20.1 Å². The zero-order valence-corrected chi connectivity index (χ0v) is 15.1. The Hall–Kier alpha value is -1.31. The first-order chi connectivity index (χ1) is 10.2. The predicted octanol–water partition coefficient (Wildman–Crippen LogP) is 3.16. The van der Waals surface area contributed by atoms with Crippen molar-refractivity contribution >= 4 is 39.1 Å². The van der Waals surface area contributed by atoms with E-state index >= 15 is 0 Å². The van der Waals surface area contributed by atoms with E-state index in [1.165, 1.54) is 34.7 Å². The fourth-order valence-electron chi connectivity index (χ4n) is 1.94. The molecule has 7 heteroatoms. The van der Waals surface area contributed by atoms with Crippen LogP contribution in [0.15, 0.2) is 34.6 Å². The third-order valence-electron chi connectivity index (χ3n) is 3.49. The highest BCUT2D eigenvalue weighted by Crippen LogP contribution is 2.33. The van der Waals surface area contributed by atoms with E-state index < -0.39 is 11.0 Å². The van der Waals surface area contributed by atoms with Crippen molar-refractivity contribution in [3.8, 4) is 0 Å². The lowest BCUT2D eigenvalue weighted by molar-refractivity contribution is -0.147. The smallest absolute Gasteiger partial charge is 0.189 e. The molecule has 1 atom stereocenters. The summed E-state index contributed by atoms with van der Waals surface area (Å²) in [7, 11) is 0. The molecule has 0 amide bonds. The van der Waals surface area contributed by atoms with Gasteiger partial charge in [-0.2, -0.15) is 5.10 Å². The average molecular weight is 384 g/mol. The van der Waals surface area contributed by atoms with Crippen LogP contribution >= 0.6 is 27.3 Å². The zero-order valence-electron chi connectivity index (χ0n) is 12.7. The molecule has 0 saturated carbocycles. The van der Waals surface area contributed by atoms with Crippen LogP contribution in [0.3, 0.4) is 0 Å². The van der Waals surface area contributed by atoms with Gasteiger partial charge in [-0.15, -0.1) is 11.3 Å². The molecule has 118 valence electrons. The first-order valence-electron chi connectivity index (χ1n) is 6.74. The lowest BCUT2D eigenvalue weighted by atomic mass is 9.73. The SMILES string of the molecule is CC(C)(C)C(O)(Cn1cncn1)C(=O)/C=C/c1cc(Br)cs1. The maximum Gasteiger partial charge on any atom is 0.189 e. The molecule has 2 rings (SSSR count). The van der Waals surface area contributed by atoms with E-state index in [-0.39, 0.29) is 12.3 Å². The predicted molar refractivity (Wildman–Crippen MR) is 90.5 cm³/mol. The van der Waals surface area contributed by atoms with E-state index in [1.54, 1.807) is 6.08 Å². The molecule has 1 unspecified atom stereocenters. The van der Waals surface area contributed by atoms with Gasteiger partial charge in [0.2, 0.25) is 0 Å². The van der Waals surface area contributed by atoms with Crippen LogP contribution in [0.1, 0.15) is 25.6 Å². The van der Waals surface area contributed by atoms with Crippen LogP contribution in [0, 0.1) is 5.41 Å². The standard InChI is InChI=1S/C15H18BrN3O2S/c1-14(2,3)15(21,8-19-10-17-9-18-19)13(20)5-4-12-6-11(16)7-22-12/h4-7,9-10,21H,8H2,1-3H3/b5-4+.